The summed E-state index contributed by atoms with van der Waals surface area (Å²) in [4.78, 5) is 14.6. The highest BCUT2D eigenvalue weighted by atomic mass is 35.5. The quantitative estimate of drug-likeness (QED) is 0.928. The second-order valence-electron chi connectivity index (χ2n) is 3.52. The maximum Gasteiger partial charge on any atom is 0.375 e. The number of carboxylic acid groups (broad SMARTS) is 1. The van der Waals surface area contributed by atoms with Crippen molar-refractivity contribution >= 4 is 17.6 Å². The van der Waals surface area contributed by atoms with Crippen molar-refractivity contribution in [2.45, 2.75) is 13.3 Å². The smallest absolute Gasteiger partial charge is 0.375 e. The Morgan fingerprint density at radius 1 is 1.56 bits per heavy atom. The lowest BCUT2D eigenvalue weighted by molar-refractivity contribution is 0.0683. The van der Waals surface area contributed by atoms with Crippen LogP contribution < -0.4 is 0 Å². The first-order chi connectivity index (χ1) is 8.52. The van der Waals surface area contributed by atoms with Gasteiger partial charge in [0.2, 0.25) is 0 Å². The Morgan fingerprint density at radius 3 is 2.83 bits per heavy atom. The van der Waals surface area contributed by atoms with Crippen LogP contribution in [-0.2, 0) is 6.42 Å². The van der Waals surface area contributed by atoms with Gasteiger partial charge in [-0.1, -0.05) is 18.5 Å². The van der Waals surface area contributed by atoms with Gasteiger partial charge in [0.15, 0.2) is 0 Å². The molecule has 5 nitrogen and oxygen atoms in total. The molecule has 0 bridgehead atoms. The molecule has 0 aliphatic rings. The number of halogens is 2. The van der Waals surface area contributed by atoms with E-state index in [1.807, 2.05) is 0 Å². The molecule has 18 heavy (non-hydrogen) atoms. The molecule has 0 unspecified atom stereocenters. The molecule has 2 aromatic rings. The summed E-state index contributed by atoms with van der Waals surface area (Å²) < 4.78 is 14.9. The Balaban J connectivity index is 2.58. The molecule has 0 atom stereocenters. The summed E-state index contributed by atoms with van der Waals surface area (Å²) in [5.41, 5.74) is 0.122. The number of aromatic nitrogens is 3. The van der Waals surface area contributed by atoms with Gasteiger partial charge in [0.25, 0.3) is 5.82 Å². The number of aryl methyl sites for hydroxylation is 1. The number of carboxylic acids is 1. The molecule has 1 N–H and O–H groups in total. The van der Waals surface area contributed by atoms with E-state index >= 15 is 0 Å². The molecule has 0 radical (unpaired) electrons. The second-order valence-corrected chi connectivity index (χ2v) is 3.95. The molecular formula is C11H9ClFN3O2. The summed E-state index contributed by atoms with van der Waals surface area (Å²) in [7, 11) is 0. The molecule has 0 saturated heterocycles. The van der Waals surface area contributed by atoms with Crippen molar-refractivity contribution < 1.29 is 14.3 Å². The standard InChI is InChI=1S/C11H9ClFN3O2/c1-2-9-14-10(11(17)18)15-16(9)8-4-3-6(12)5-7(8)13/h3-5H,2H2,1H3,(H,17,18). The van der Waals surface area contributed by atoms with E-state index in [1.54, 1.807) is 6.92 Å². The third-order valence-corrected chi connectivity index (χ3v) is 2.55. The summed E-state index contributed by atoms with van der Waals surface area (Å²) in [5, 5.41) is 12.8. The Bertz CT molecular complexity index is 612. The van der Waals surface area contributed by atoms with Gasteiger partial charge in [-0.05, 0) is 18.2 Å². The molecule has 1 heterocycles. The predicted octanol–water partition coefficient (Wildman–Crippen LogP) is 2.32. The van der Waals surface area contributed by atoms with Crippen molar-refractivity contribution in [3.05, 3.63) is 40.7 Å². The first kappa shape index (κ1) is 12.5. The third-order valence-electron chi connectivity index (χ3n) is 2.32. The van der Waals surface area contributed by atoms with Crippen LogP contribution in [-0.4, -0.2) is 25.8 Å². The van der Waals surface area contributed by atoms with Crippen LogP contribution in [0.3, 0.4) is 0 Å². The van der Waals surface area contributed by atoms with Gasteiger partial charge >= 0.3 is 5.97 Å². The van der Waals surface area contributed by atoms with E-state index in [0.717, 1.165) is 6.07 Å². The van der Waals surface area contributed by atoms with E-state index < -0.39 is 11.8 Å². The maximum absolute atomic E-state index is 13.7. The molecular weight excluding hydrogens is 261 g/mol. The minimum Gasteiger partial charge on any atom is -0.475 e. The number of rotatable bonds is 3. The second kappa shape index (κ2) is 4.73. The van der Waals surface area contributed by atoms with E-state index in [0.29, 0.717) is 12.2 Å². The highest BCUT2D eigenvalue weighted by Gasteiger charge is 2.17. The van der Waals surface area contributed by atoms with Crippen LogP contribution in [0.2, 0.25) is 5.02 Å². The highest BCUT2D eigenvalue weighted by Crippen LogP contribution is 2.19. The molecule has 1 aromatic heterocycles. The topological polar surface area (TPSA) is 68.0 Å². The van der Waals surface area contributed by atoms with Crippen molar-refractivity contribution in [2.24, 2.45) is 0 Å². The SMILES string of the molecule is CCc1nc(C(=O)O)nn1-c1ccc(Cl)cc1F. The molecule has 0 aliphatic carbocycles. The minimum atomic E-state index is -1.25. The van der Waals surface area contributed by atoms with Crippen LogP contribution >= 0.6 is 11.6 Å². The van der Waals surface area contributed by atoms with Crippen LogP contribution in [0.1, 0.15) is 23.4 Å². The molecule has 0 aliphatic heterocycles. The predicted molar refractivity (Wildman–Crippen MR) is 62.7 cm³/mol. The fourth-order valence-electron chi connectivity index (χ4n) is 1.51. The highest BCUT2D eigenvalue weighted by molar-refractivity contribution is 6.30. The fraction of sp³-hybridized carbons (Fsp3) is 0.182. The van der Waals surface area contributed by atoms with Crippen molar-refractivity contribution in [1.82, 2.24) is 14.8 Å². The lowest BCUT2D eigenvalue weighted by Gasteiger charge is -2.05. The summed E-state index contributed by atoms with van der Waals surface area (Å²) in [6.45, 7) is 1.78. The zero-order chi connectivity index (χ0) is 13.3. The average Bonchev–Trinajstić information content (AvgIpc) is 2.73. The molecule has 0 saturated carbocycles. The van der Waals surface area contributed by atoms with Crippen LogP contribution in [0.15, 0.2) is 18.2 Å². The van der Waals surface area contributed by atoms with E-state index in [4.69, 9.17) is 16.7 Å². The Kier molecular flexibility index (Phi) is 3.29. The van der Waals surface area contributed by atoms with Gasteiger partial charge in [0.1, 0.15) is 17.3 Å². The van der Waals surface area contributed by atoms with Gasteiger partial charge in [-0.2, -0.15) is 0 Å². The zero-order valence-corrected chi connectivity index (χ0v) is 10.1. The summed E-state index contributed by atoms with van der Waals surface area (Å²) >= 11 is 5.65. The van der Waals surface area contributed by atoms with Crippen molar-refractivity contribution in [2.75, 3.05) is 0 Å². The van der Waals surface area contributed by atoms with Gasteiger partial charge < -0.3 is 5.11 Å². The van der Waals surface area contributed by atoms with Crippen LogP contribution in [0.4, 0.5) is 4.39 Å². The molecule has 94 valence electrons. The van der Waals surface area contributed by atoms with Crippen LogP contribution in [0, 0.1) is 5.82 Å². The van der Waals surface area contributed by atoms with E-state index in [1.165, 1.54) is 16.8 Å². The largest absolute Gasteiger partial charge is 0.475 e. The Labute approximate surface area is 107 Å². The lowest BCUT2D eigenvalue weighted by atomic mass is 10.3. The van der Waals surface area contributed by atoms with Crippen LogP contribution in [0.5, 0.6) is 0 Å². The van der Waals surface area contributed by atoms with Crippen molar-refractivity contribution in [3.63, 3.8) is 0 Å². The zero-order valence-electron chi connectivity index (χ0n) is 9.39. The Morgan fingerprint density at radius 2 is 2.28 bits per heavy atom. The molecule has 0 spiro atoms. The monoisotopic (exact) mass is 269 g/mol. The van der Waals surface area contributed by atoms with E-state index in [2.05, 4.69) is 10.1 Å². The lowest BCUT2D eigenvalue weighted by Crippen LogP contribution is -2.05. The number of hydrogen-bond acceptors (Lipinski definition) is 3. The first-order valence-corrected chi connectivity index (χ1v) is 5.55. The molecule has 0 amide bonds. The van der Waals surface area contributed by atoms with Gasteiger partial charge in [0.05, 0.1) is 0 Å². The van der Waals surface area contributed by atoms with E-state index in [-0.39, 0.29) is 16.5 Å². The summed E-state index contributed by atoms with van der Waals surface area (Å²) in [5.74, 6) is -1.83. The Hall–Kier alpha value is -1.95. The minimum absolute atomic E-state index is 0.122. The number of benzene rings is 1. The molecule has 0 fully saturated rings. The normalized spacial score (nSPS) is 10.6. The fourth-order valence-corrected chi connectivity index (χ4v) is 1.67. The molecule has 1 aromatic carbocycles. The van der Waals surface area contributed by atoms with E-state index in [9.17, 15) is 9.18 Å². The molecule has 2 rings (SSSR count). The third kappa shape index (κ3) is 2.19. The number of carbonyl (C=O) groups is 1. The maximum atomic E-state index is 13.7. The van der Waals surface area contributed by atoms with Gasteiger partial charge in [-0.25, -0.2) is 18.9 Å². The van der Waals surface area contributed by atoms with Gasteiger partial charge in [0, 0.05) is 11.4 Å². The number of aromatic carboxylic acids is 1. The average molecular weight is 270 g/mol. The van der Waals surface area contributed by atoms with Crippen LogP contribution in [0.25, 0.3) is 5.69 Å². The summed E-state index contributed by atoms with van der Waals surface area (Å²) in [6, 6.07) is 4.07. The number of hydrogen-bond donors (Lipinski definition) is 1. The van der Waals surface area contributed by atoms with Gasteiger partial charge in [-0.15, -0.1) is 5.10 Å². The number of nitrogens with zero attached hydrogens (tertiary/aromatic N) is 3. The van der Waals surface area contributed by atoms with Crippen molar-refractivity contribution in [1.29, 1.82) is 0 Å². The van der Waals surface area contributed by atoms with Gasteiger partial charge in [-0.3, -0.25) is 0 Å². The van der Waals surface area contributed by atoms with Crippen molar-refractivity contribution in [3.8, 4) is 5.69 Å². The molecule has 7 heteroatoms. The summed E-state index contributed by atoms with van der Waals surface area (Å²) in [6.07, 6.45) is 0.433. The first-order valence-electron chi connectivity index (χ1n) is 5.17.